The lowest BCUT2D eigenvalue weighted by molar-refractivity contribution is -0.128. The lowest BCUT2D eigenvalue weighted by atomic mass is 10.1. The van der Waals surface area contributed by atoms with Crippen LogP contribution in [0.25, 0.3) is 11.5 Å². The Kier molecular flexibility index (Phi) is 3.85. The van der Waals surface area contributed by atoms with Crippen LogP contribution >= 0.6 is 0 Å². The number of carbonyl (C=O) groups excluding carboxylic acids is 2. The molecule has 1 saturated heterocycles. The molecular formula is C16H16FN3O3. The Bertz CT molecular complexity index is 757. The smallest absolute Gasteiger partial charge is 0.325 e. The van der Waals surface area contributed by atoms with Crippen LogP contribution in [0.15, 0.2) is 34.9 Å². The van der Waals surface area contributed by atoms with E-state index in [0.29, 0.717) is 11.3 Å². The van der Waals surface area contributed by atoms with E-state index < -0.39 is 17.9 Å². The zero-order valence-corrected chi connectivity index (χ0v) is 12.7. The second kappa shape index (κ2) is 5.83. The topological polar surface area (TPSA) is 75.4 Å². The number of oxazole rings is 1. The van der Waals surface area contributed by atoms with Gasteiger partial charge in [-0.25, -0.2) is 14.2 Å². The first-order chi connectivity index (χ1) is 11.0. The number of nitrogens with zero attached hydrogens (tertiary/aromatic N) is 2. The second-order valence-electron chi connectivity index (χ2n) is 5.75. The van der Waals surface area contributed by atoms with Gasteiger partial charge in [0.15, 0.2) is 0 Å². The summed E-state index contributed by atoms with van der Waals surface area (Å²) in [5.74, 6) is -0.417. The molecule has 3 rings (SSSR count). The highest BCUT2D eigenvalue weighted by molar-refractivity contribution is 6.04. The third kappa shape index (κ3) is 2.94. The minimum Gasteiger partial charge on any atom is -0.444 e. The number of urea groups is 1. The van der Waals surface area contributed by atoms with Crippen LogP contribution in [0.5, 0.6) is 0 Å². The summed E-state index contributed by atoms with van der Waals surface area (Å²) < 4.78 is 18.5. The first-order valence-corrected chi connectivity index (χ1v) is 7.28. The summed E-state index contributed by atoms with van der Waals surface area (Å²) >= 11 is 0. The second-order valence-corrected chi connectivity index (χ2v) is 5.75. The van der Waals surface area contributed by atoms with Gasteiger partial charge in [0.1, 0.15) is 18.1 Å². The molecule has 23 heavy (non-hydrogen) atoms. The highest BCUT2D eigenvalue weighted by Crippen LogP contribution is 2.21. The van der Waals surface area contributed by atoms with Gasteiger partial charge in [0.25, 0.3) is 5.91 Å². The molecule has 0 saturated carbocycles. The number of hydrogen-bond donors (Lipinski definition) is 1. The van der Waals surface area contributed by atoms with Gasteiger partial charge in [-0.15, -0.1) is 0 Å². The Labute approximate surface area is 132 Å². The first kappa shape index (κ1) is 15.2. The summed E-state index contributed by atoms with van der Waals surface area (Å²) in [6, 6.07) is 4.90. The number of hydrogen-bond acceptors (Lipinski definition) is 4. The molecule has 1 N–H and O–H groups in total. The Balaban J connectivity index is 1.77. The maximum absolute atomic E-state index is 13.2. The number of imide groups is 1. The van der Waals surface area contributed by atoms with E-state index in [2.05, 4.69) is 10.3 Å². The van der Waals surface area contributed by atoms with Gasteiger partial charge < -0.3 is 9.73 Å². The molecule has 1 atom stereocenters. The Morgan fingerprint density at radius 1 is 1.39 bits per heavy atom. The van der Waals surface area contributed by atoms with E-state index in [1.807, 2.05) is 13.8 Å². The van der Waals surface area contributed by atoms with Crippen molar-refractivity contribution in [2.24, 2.45) is 5.92 Å². The van der Waals surface area contributed by atoms with Gasteiger partial charge in [-0.3, -0.25) is 9.69 Å². The standard InChI is InChI=1S/C16H16FN3O3/c1-9(2)13-15(21)20(16(22)19-13)7-12-8-23-14(18-12)10-4-3-5-11(17)6-10/h3-6,8-9,13H,7H2,1-2H3,(H,19,22). The van der Waals surface area contributed by atoms with Crippen molar-refractivity contribution in [3.05, 3.63) is 42.0 Å². The molecule has 7 heteroatoms. The van der Waals surface area contributed by atoms with Crippen molar-refractivity contribution in [3.8, 4) is 11.5 Å². The Morgan fingerprint density at radius 3 is 2.83 bits per heavy atom. The molecule has 0 bridgehead atoms. The summed E-state index contributed by atoms with van der Waals surface area (Å²) in [6.07, 6.45) is 1.36. The zero-order valence-electron chi connectivity index (χ0n) is 12.7. The van der Waals surface area contributed by atoms with Crippen LogP contribution < -0.4 is 5.32 Å². The largest absolute Gasteiger partial charge is 0.444 e. The fourth-order valence-corrected chi connectivity index (χ4v) is 2.44. The van der Waals surface area contributed by atoms with E-state index in [4.69, 9.17) is 4.42 Å². The van der Waals surface area contributed by atoms with Crippen LogP contribution in [0.1, 0.15) is 19.5 Å². The Morgan fingerprint density at radius 2 is 2.17 bits per heavy atom. The quantitative estimate of drug-likeness (QED) is 0.879. The van der Waals surface area contributed by atoms with Gasteiger partial charge in [-0.1, -0.05) is 19.9 Å². The average Bonchev–Trinajstić information content (AvgIpc) is 3.07. The molecule has 1 aromatic carbocycles. The van der Waals surface area contributed by atoms with Crippen molar-refractivity contribution in [2.45, 2.75) is 26.4 Å². The van der Waals surface area contributed by atoms with Gasteiger partial charge in [0.05, 0.1) is 12.2 Å². The van der Waals surface area contributed by atoms with Crippen molar-refractivity contribution in [1.29, 1.82) is 0 Å². The van der Waals surface area contributed by atoms with Crippen molar-refractivity contribution in [2.75, 3.05) is 0 Å². The van der Waals surface area contributed by atoms with Gasteiger partial charge >= 0.3 is 6.03 Å². The molecular weight excluding hydrogens is 301 g/mol. The van der Waals surface area contributed by atoms with Crippen molar-refractivity contribution in [1.82, 2.24) is 15.2 Å². The monoisotopic (exact) mass is 317 g/mol. The highest BCUT2D eigenvalue weighted by atomic mass is 19.1. The number of aromatic nitrogens is 1. The molecule has 1 aliphatic rings. The zero-order chi connectivity index (χ0) is 16.6. The van der Waals surface area contributed by atoms with E-state index in [1.165, 1.54) is 18.4 Å². The fourth-order valence-electron chi connectivity index (χ4n) is 2.44. The van der Waals surface area contributed by atoms with Crippen molar-refractivity contribution < 1.29 is 18.4 Å². The van der Waals surface area contributed by atoms with Crippen LogP contribution in [0.2, 0.25) is 0 Å². The first-order valence-electron chi connectivity index (χ1n) is 7.28. The highest BCUT2D eigenvalue weighted by Gasteiger charge is 2.39. The fraction of sp³-hybridized carbons (Fsp3) is 0.312. The lowest BCUT2D eigenvalue weighted by Crippen LogP contribution is -2.34. The maximum Gasteiger partial charge on any atom is 0.325 e. The van der Waals surface area contributed by atoms with Gasteiger partial charge in [0.2, 0.25) is 5.89 Å². The van der Waals surface area contributed by atoms with E-state index in [9.17, 15) is 14.0 Å². The van der Waals surface area contributed by atoms with E-state index >= 15 is 0 Å². The number of nitrogens with one attached hydrogen (secondary N) is 1. The van der Waals surface area contributed by atoms with Crippen molar-refractivity contribution >= 4 is 11.9 Å². The number of amides is 3. The Hall–Kier alpha value is -2.70. The predicted octanol–water partition coefficient (Wildman–Crippen LogP) is 2.56. The van der Waals surface area contributed by atoms with Crippen LogP contribution in [-0.2, 0) is 11.3 Å². The van der Waals surface area contributed by atoms with E-state index in [1.54, 1.807) is 12.1 Å². The molecule has 6 nitrogen and oxygen atoms in total. The van der Waals surface area contributed by atoms with E-state index in [0.717, 1.165) is 4.90 Å². The molecule has 1 fully saturated rings. The number of rotatable bonds is 4. The molecule has 2 aromatic rings. The van der Waals surface area contributed by atoms with Crippen molar-refractivity contribution in [3.63, 3.8) is 0 Å². The van der Waals surface area contributed by atoms with Gasteiger partial charge in [-0.2, -0.15) is 0 Å². The minimum absolute atomic E-state index is 0.0108. The predicted molar refractivity (Wildman–Crippen MR) is 79.6 cm³/mol. The lowest BCUT2D eigenvalue weighted by Gasteiger charge is -2.12. The molecule has 0 radical (unpaired) electrons. The molecule has 2 heterocycles. The third-order valence-electron chi connectivity index (χ3n) is 3.67. The summed E-state index contributed by atoms with van der Waals surface area (Å²) in [6.45, 7) is 3.75. The summed E-state index contributed by atoms with van der Waals surface area (Å²) in [5, 5.41) is 2.65. The van der Waals surface area contributed by atoms with Gasteiger partial charge in [0, 0.05) is 5.56 Å². The van der Waals surface area contributed by atoms with Crippen LogP contribution in [0, 0.1) is 11.7 Å². The molecule has 120 valence electrons. The third-order valence-corrected chi connectivity index (χ3v) is 3.67. The summed E-state index contributed by atoms with van der Waals surface area (Å²) in [4.78, 5) is 29.5. The average molecular weight is 317 g/mol. The molecule has 1 unspecified atom stereocenters. The van der Waals surface area contributed by atoms with Crippen LogP contribution in [-0.4, -0.2) is 27.9 Å². The molecule has 1 aliphatic heterocycles. The number of carbonyl (C=O) groups is 2. The number of benzene rings is 1. The maximum atomic E-state index is 13.2. The van der Waals surface area contributed by atoms with Crippen LogP contribution in [0.3, 0.4) is 0 Å². The minimum atomic E-state index is -0.517. The summed E-state index contributed by atoms with van der Waals surface area (Å²) in [7, 11) is 0. The molecule has 0 spiro atoms. The van der Waals surface area contributed by atoms with E-state index in [-0.39, 0.29) is 24.3 Å². The molecule has 0 aliphatic carbocycles. The van der Waals surface area contributed by atoms with Gasteiger partial charge in [-0.05, 0) is 24.1 Å². The molecule has 1 aromatic heterocycles. The van der Waals surface area contributed by atoms with Crippen LogP contribution in [0.4, 0.5) is 9.18 Å². The number of halogens is 1. The normalized spacial score (nSPS) is 17.9. The summed E-state index contributed by atoms with van der Waals surface area (Å²) in [5.41, 5.74) is 0.922. The SMILES string of the molecule is CC(C)C1NC(=O)N(Cc2coc(-c3cccc(F)c3)n2)C1=O. The molecule has 3 amide bonds.